The Kier molecular flexibility index (Phi) is 4.52. The minimum Gasteiger partial charge on any atom is -0.384 e. The maximum absolute atomic E-state index is 11.7. The number of hydrogen-bond donors (Lipinski definition) is 2. The molecule has 1 aliphatic rings. The van der Waals surface area contributed by atoms with E-state index in [1.54, 1.807) is 13.0 Å². The first-order valence-corrected chi connectivity index (χ1v) is 6.55. The minimum atomic E-state index is -0.0165. The highest BCUT2D eigenvalue weighted by atomic mass is 16.2. The second-order valence-corrected chi connectivity index (χ2v) is 4.89. The molecule has 0 spiro atoms. The van der Waals surface area contributed by atoms with Gasteiger partial charge in [-0.3, -0.25) is 9.69 Å². The van der Waals surface area contributed by atoms with E-state index >= 15 is 0 Å². The molecule has 0 saturated carbocycles. The molecule has 0 bridgehead atoms. The van der Waals surface area contributed by atoms with Gasteiger partial charge in [-0.2, -0.15) is 0 Å². The van der Waals surface area contributed by atoms with E-state index in [0.29, 0.717) is 18.1 Å². The fourth-order valence-electron chi connectivity index (χ4n) is 2.15. The number of hydrogen-bond acceptors (Lipinski definition) is 6. The summed E-state index contributed by atoms with van der Waals surface area (Å²) in [7, 11) is 0. The second kappa shape index (κ2) is 6.33. The second-order valence-electron chi connectivity index (χ2n) is 4.89. The van der Waals surface area contributed by atoms with Crippen LogP contribution in [-0.2, 0) is 4.79 Å². The van der Waals surface area contributed by atoms with Gasteiger partial charge in [0.1, 0.15) is 18.0 Å². The number of aromatic nitrogens is 2. The highest BCUT2D eigenvalue weighted by Gasteiger charge is 2.19. The SMILES string of the molecule is C=C(C)NC(=O)CN1CCN(c2cc(N)ncn2)CC1. The van der Waals surface area contributed by atoms with E-state index in [2.05, 4.69) is 31.7 Å². The number of nitrogen functional groups attached to an aromatic ring is 1. The Bertz CT molecular complexity index is 495. The summed E-state index contributed by atoms with van der Waals surface area (Å²) in [4.78, 5) is 24.0. The maximum Gasteiger partial charge on any atom is 0.238 e. The van der Waals surface area contributed by atoms with Gasteiger partial charge in [-0.25, -0.2) is 9.97 Å². The summed E-state index contributed by atoms with van der Waals surface area (Å²) < 4.78 is 0. The van der Waals surface area contributed by atoms with Crippen LogP contribution < -0.4 is 16.0 Å². The van der Waals surface area contributed by atoms with Crippen molar-refractivity contribution in [1.29, 1.82) is 0 Å². The molecule has 0 unspecified atom stereocenters. The molecule has 1 fully saturated rings. The van der Waals surface area contributed by atoms with Crippen LogP contribution >= 0.6 is 0 Å². The van der Waals surface area contributed by atoms with Crippen LogP contribution in [0.15, 0.2) is 24.7 Å². The van der Waals surface area contributed by atoms with E-state index in [1.807, 2.05) is 0 Å². The highest BCUT2D eigenvalue weighted by molar-refractivity contribution is 5.79. The molecule has 20 heavy (non-hydrogen) atoms. The van der Waals surface area contributed by atoms with Gasteiger partial charge in [0.05, 0.1) is 6.54 Å². The van der Waals surface area contributed by atoms with Gasteiger partial charge < -0.3 is 16.0 Å². The quantitative estimate of drug-likeness (QED) is 0.794. The van der Waals surface area contributed by atoms with Crippen LogP contribution in [0.1, 0.15) is 6.92 Å². The van der Waals surface area contributed by atoms with Crippen LogP contribution in [0, 0.1) is 0 Å². The number of nitrogens with two attached hydrogens (primary N) is 1. The molecule has 108 valence electrons. The number of rotatable bonds is 4. The van der Waals surface area contributed by atoms with E-state index in [1.165, 1.54) is 6.33 Å². The van der Waals surface area contributed by atoms with Crippen molar-refractivity contribution in [3.8, 4) is 0 Å². The molecule has 1 aromatic heterocycles. The monoisotopic (exact) mass is 276 g/mol. The summed E-state index contributed by atoms with van der Waals surface area (Å²) in [5.41, 5.74) is 6.33. The Labute approximate surface area is 118 Å². The number of nitrogens with zero attached hydrogens (tertiary/aromatic N) is 4. The predicted octanol–water partition coefficient (Wildman–Crippen LogP) is -0.169. The summed E-state index contributed by atoms with van der Waals surface area (Å²) in [6, 6.07) is 1.77. The summed E-state index contributed by atoms with van der Waals surface area (Å²) in [5, 5.41) is 2.71. The first-order chi connectivity index (χ1) is 9.54. The Morgan fingerprint density at radius 1 is 1.40 bits per heavy atom. The first-order valence-electron chi connectivity index (χ1n) is 6.55. The molecule has 1 saturated heterocycles. The molecular weight excluding hydrogens is 256 g/mol. The van der Waals surface area contributed by atoms with E-state index in [0.717, 1.165) is 32.0 Å². The summed E-state index contributed by atoms with van der Waals surface area (Å²) in [5.74, 6) is 1.29. The lowest BCUT2D eigenvalue weighted by molar-refractivity contribution is -0.121. The molecule has 0 radical (unpaired) electrons. The predicted molar refractivity (Wildman–Crippen MR) is 78.1 cm³/mol. The van der Waals surface area contributed by atoms with Crippen LogP contribution in [0.3, 0.4) is 0 Å². The molecule has 1 aromatic rings. The van der Waals surface area contributed by atoms with E-state index in [4.69, 9.17) is 5.73 Å². The number of allylic oxidation sites excluding steroid dienone is 1. The summed E-state index contributed by atoms with van der Waals surface area (Å²) in [6.45, 7) is 9.09. The van der Waals surface area contributed by atoms with Crippen molar-refractivity contribution in [1.82, 2.24) is 20.2 Å². The largest absolute Gasteiger partial charge is 0.384 e. The lowest BCUT2D eigenvalue weighted by atomic mass is 10.3. The molecule has 0 aliphatic carbocycles. The molecule has 0 aromatic carbocycles. The number of carbonyl (C=O) groups is 1. The summed E-state index contributed by atoms with van der Waals surface area (Å²) in [6.07, 6.45) is 1.47. The number of piperazine rings is 1. The zero-order chi connectivity index (χ0) is 14.5. The number of anilines is 2. The van der Waals surface area contributed by atoms with Gasteiger partial charge >= 0.3 is 0 Å². The summed E-state index contributed by atoms with van der Waals surface area (Å²) >= 11 is 0. The van der Waals surface area contributed by atoms with E-state index in [-0.39, 0.29) is 5.91 Å². The van der Waals surface area contributed by atoms with Crippen LogP contribution in [0.25, 0.3) is 0 Å². The molecule has 7 heteroatoms. The lowest BCUT2D eigenvalue weighted by Crippen LogP contribution is -2.49. The van der Waals surface area contributed by atoms with Gasteiger partial charge in [0.2, 0.25) is 5.91 Å². The van der Waals surface area contributed by atoms with Crippen molar-refractivity contribution in [3.05, 3.63) is 24.7 Å². The molecule has 2 heterocycles. The smallest absolute Gasteiger partial charge is 0.238 e. The molecule has 2 rings (SSSR count). The number of nitrogens with one attached hydrogen (secondary N) is 1. The Morgan fingerprint density at radius 2 is 2.10 bits per heavy atom. The van der Waals surface area contributed by atoms with Crippen LogP contribution in [0.2, 0.25) is 0 Å². The fraction of sp³-hybridized carbons (Fsp3) is 0.462. The third-order valence-electron chi connectivity index (χ3n) is 3.09. The third-order valence-corrected chi connectivity index (χ3v) is 3.09. The lowest BCUT2D eigenvalue weighted by Gasteiger charge is -2.34. The van der Waals surface area contributed by atoms with Crippen LogP contribution in [-0.4, -0.2) is 53.5 Å². The zero-order valence-corrected chi connectivity index (χ0v) is 11.7. The Morgan fingerprint density at radius 3 is 2.70 bits per heavy atom. The maximum atomic E-state index is 11.7. The Balaban J connectivity index is 1.83. The zero-order valence-electron chi connectivity index (χ0n) is 11.7. The fourth-order valence-corrected chi connectivity index (χ4v) is 2.15. The normalized spacial score (nSPS) is 15.9. The van der Waals surface area contributed by atoms with Crippen molar-refractivity contribution in [2.75, 3.05) is 43.4 Å². The molecule has 7 nitrogen and oxygen atoms in total. The van der Waals surface area contributed by atoms with Gasteiger partial charge in [0.25, 0.3) is 0 Å². The number of carbonyl (C=O) groups excluding carboxylic acids is 1. The molecule has 0 atom stereocenters. The highest BCUT2D eigenvalue weighted by Crippen LogP contribution is 2.14. The van der Waals surface area contributed by atoms with Crippen molar-refractivity contribution >= 4 is 17.5 Å². The molecule has 3 N–H and O–H groups in total. The molecular formula is C13H20N6O. The minimum absolute atomic E-state index is 0.0165. The molecule has 1 aliphatic heterocycles. The van der Waals surface area contributed by atoms with Gasteiger partial charge in [0.15, 0.2) is 0 Å². The van der Waals surface area contributed by atoms with E-state index < -0.39 is 0 Å². The van der Waals surface area contributed by atoms with Crippen molar-refractivity contribution in [2.24, 2.45) is 0 Å². The van der Waals surface area contributed by atoms with Gasteiger partial charge in [-0.1, -0.05) is 6.58 Å². The third kappa shape index (κ3) is 3.92. The van der Waals surface area contributed by atoms with Gasteiger partial charge in [-0.15, -0.1) is 0 Å². The topological polar surface area (TPSA) is 87.4 Å². The van der Waals surface area contributed by atoms with Gasteiger partial charge in [-0.05, 0) is 6.92 Å². The van der Waals surface area contributed by atoms with Crippen molar-refractivity contribution in [3.63, 3.8) is 0 Å². The number of amides is 1. The first kappa shape index (κ1) is 14.3. The molecule has 1 amide bonds. The van der Waals surface area contributed by atoms with Gasteiger partial charge in [0, 0.05) is 37.9 Å². The average molecular weight is 276 g/mol. The van der Waals surface area contributed by atoms with Crippen LogP contribution in [0.5, 0.6) is 0 Å². The van der Waals surface area contributed by atoms with Crippen molar-refractivity contribution < 1.29 is 4.79 Å². The Hall–Kier alpha value is -2.15. The van der Waals surface area contributed by atoms with Crippen LogP contribution in [0.4, 0.5) is 11.6 Å². The standard InChI is InChI=1S/C13H20N6O/c1-10(2)17-13(20)8-18-3-5-19(6-4-18)12-7-11(14)15-9-16-12/h7,9H,1,3-6,8H2,2H3,(H,17,20)(H2,14,15,16). The van der Waals surface area contributed by atoms with E-state index in [9.17, 15) is 4.79 Å². The average Bonchev–Trinajstić information content (AvgIpc) is 2.38. The van der Waals surface area contributed by atoms with Crippen molar-refractivity contribution in [2.45, 2.75) is 6.92 Å².